The number of hydrogen-bond donors (Lipinski definition) is 0. The van der Waals surface area contributed by atoms with Crippen LogP contribution in [0.4, 0.5) is 0 Å². The lowest BCUT2D eigenvalue weighted by molar-refractivity contribution is -0.146. The van der Waals surface area contributed by atoms with Gasteiger partial charge in [-0.05, 0) is 31.6 Å². The van der Waals surface area contributed by atoms with Crippen LogP contribution in [0.3, 0.4) is 0 Å². The lowest BCUT2D eigenvalue weighted by Crippen LogP contribution is -2.18. The second kappa shape index (κ2) is 8.26. The Morgan fingerprint density at radius 2 is 1.74 bits per heavy atom. The average molecular weight is 397 g/mol. The lowest BCUT2D eigenvalue weighted by atomic mass is 10.1. The number of carbonyl (C=O) groups is 2. The highest BCUT2D eigenvalue weighted by Gasteiger charge is 2.22. The van der Waals surface area contributed by atoms with E-state index in [0.717, 1.165) is 20.5 Å². The number of halogens is 1. The molecule has 0 unspecified atom stereocenters. The molecule has 1 aromatic carbocycles. The van der Waals surface area contributed by atoms with Gasteiger partial charge in [-0.3, -0.25) is 0 Å². The van der Waals surface area contributed by atoms with Crippen LogP contribution in [-0.2, 0) is 24.4 Å². The molecule has 6 heteroatoms. The number of carbonyl (C=O) groups excluding carboxylic acids is 2. The van der Waals surface area contributed by atoms with E-state index in [1.165, 1.54) is 0 Å². The van der Waals surface area contributed by atoms with Gasteiger partial charge in [-0.25, -0.2) is 9.59 Å². The fraction of sp³-hybridized carbons (Fsp3) is 0.294. The second-order valence-corrected chi connectivity index (χ2v) is 6.27. The summed E-state index contributed by atoms with van der Waals surface area (Å²) in [7, 11) is 0. The van der Waals surface area contributed by atoms with Crippen LogP contribution in [0.2, 0.25) is 0 Å². The van der Waals surface area contributed by atoms with E-state index in [2.05, 4.69) is 15.9 Å². The molecule has 1 aromatic heterocycles. The number of ether oxygens (including phenoxy) is 2. The summed E-state index contributed by atoms with van der Waals surface area (Å²) in [6.45, 7) is 3.80. The van der Waals surface area contributed by atoms with Gasteiger partial charge in [0.15, 0.2) is 0 Å². The van der Waals surface area contributed by atoms with Gasteiger partial charge in [0, 0.05) is 20.3 Å². The van der Waals surface area contributed by atoms with Crippen LogP contribution in [-0.4, -0.2) is 25.2 Å². The first-order chi connectivity index (χ1) is 11.1. The van der Waals surface area contributed by atoms with E-state index >= 15 is 0 Å². The summed E-state index contributed by atoms with van der Waals surface area (Å²) in [6, 6.07) is 7.87. The smallest absolute Gasteiger partial charge is 0.345 e. The van der Waals surface area contributed by atoms with Crippen molar-refractivity contribution < 1.29 is 19.1 Å². The van der Waals surface area contributed by atoms with Crippen LogP contribution in [0.5, 0.6) is 0 Å². The summed E-state index contributed by atoms with van der Waals surface area (Å²) in [5, 5.41) is 1.63. The molecular formula is C17H17BrO4S. The second-order valence-electron chi connectivity index (χ2n) is 4.57. The van der Waals surface area contributed by atoms with Crippen LogP contribution in [0.1, 0.15) is 24.3 Å². The lowest BCUT2D eigenvalue weighted by Gasteiger charge is -2.07. The Morgan fingerprint density at radius 3 is 2.30 bits per heavy atom. The maximum absolute atomic E-state index is 12.1. The molecule has 0 saturated carbocycles. The summed E-state index contributed by atoms with van der Waals surface area (Å²) in [5.41, 5.74) is 0.762. The fourth-order valence-corrected chi connectivity index (χ4v) is 3.82. The summed E-state index contributed by atoms with van der Waals surface area (Å²) in [4.78, 5) is 25.3. The molecular weight excluding hydrogens is 380 g/mol. The van der Waals surface area contributed by atoms with Crippen LogP contribution < -0.4 is 0 Å². The van der Waals surface area contributed by atoms with Crippen molar-refractivity contribution in [1.29, 1.82) is 0 Å². The van der Waals surface area contributed by atoms with E-state index in [4.69, 9.17) is 9.47 Å². The standard InChI is InChI=1S/C17H17BrO4S/c1-3-21-16(19)13(17(20)22-4-2)9-12-11-7-5-6-8-14(11)23-15(12)10-18/h5-9H,3-4,10H2,1-2H3. The number of hydrogen-bond acceptors (Lipinski definition) is 5. The largest absolute Gasteiger partial charge is 0.462 e. The molecule has 0 N–H and O–H groups in total. The van der Waals surface area contributed by atoms with E-state index in [1.54, 1.807) is 31.3 Å². The van der Waals surface area contributed by atoms with Gasteiger partial charge in [-0.2, -0.15) is 0 Å². The highest BCUT2D eigenvalue weighted by molar-refractivity contribution is 9.08. The Hall–Kier alpha value is -1.66. The van der Waals surface area contributed by atoms with E-state index in [-0.39, 0.29) is 18.8 Å². The zero-order valence-electron chi connectivity index (χ0n) is 12.9. The third-order valence-electron chi connectivity index (χ3n) is 3.11. The highest BCUT2D eigenvalue weighted by atomic mass is 79.9. The molecule has 0 amide bonds. The molecule has 2 aromatic rings. The van der Waals surface area contributed by atoms with Crippen molar-refractivity contribution in [2.75, 3.05) is 13.2 Å². The van der Waals surface area contributed by atoms with Crippen molar-refractivity contribution in [3.8, 4) is 0 Å². The molecule has 0 spiro atoms. The van der Waals surface area contributed by atoms with E-state index < -0.39 is 11.9 Å². The molecule has 0 aliphatic carbocycles. The van der Waals surface area contributed by atoms with Gasteiger partial charge < -0.3 is 9.47 Å². The SMILES string of the molecule is CCOC(=O)C(=Cc1c(CBr)sc2ccccc12)C(=O)OCC. The predicted molar refractivity (Wildman–Crippen MR) is 95.7 cm³/mol. The molecule has 0 radical (unpaired) electrons. The molecule has 2 rings (SSSR count). The Balaban J connectivity index is 2.57. The van der Waals surface area contributed by atoms with E-state index in [0.29, 0.717) is 5.33 Å². The molecule has 1 heterocycles. The van der Waals surface area contributed by atoms with Crippen molar-refractivity contribution in [1.82, 2.24) is 0 Å². The van der Waals surface area contributed by atoms with Gasteiger partial charge in [0.2, 0.25) is 0 Å². The first-order valence-corrected chi connectivity index (χ1v) is 9.18. The number of esters is 2. The van der Waals surface area contributed by atoms with Gasteiger partial charge in [0.25, 0.3) is 0 Å². The molecule has 0 fully saturated rings. The zero-order valence-corrected chi connectivity index (χ0v) is 15.3. The molecule has 122 valence electrons. The quantitative estimate of drug-likeness (QED) is 0.240. The molecule has 0 aliphatic rings. The van der Waals surface area contributed by atoms with Crippen LogP contribution in [0.15, 0.2) is 29.8 Å². The summed E-state index contributed by atoms with van der Waals surface area (Å²) in [5.74, 6) is -1.33. The topological polar surface area (TPSA) is 52.6 Å². The first-order valence-electron chi connectivity index (χ1n) is 7.24. The van der Waals surface area contributed by atoms with Gasteiger partial charge >= 0.3 is 11.9 Å². The van der Waals surface area contributed by atoms with E-state index in [1.807, 2.05) is 24.3 Å². The third-order valence-corrected chi connectivity index (χ3v) is 5.23. The molecule has 4 nitrogen and oxygen atoms in total. The normalized spacial score (nSPS) is 10.4. The van der Waals surface area contributed by atoms with Crippen LogP contribution in [0.25, 0.3) is 16.2 Å². The molecule has 0 atom stereocenters. The van der Waals surface area contributed by atoms with Crippen molar-refractivity contribution >= 4 is 55.4 Å². The minimum Gasteiger partial charge on any atom is -0.462 e. The Bertz CT molecular complexity index is 728. The van der Waals surface area contributed by atoms with E-state index in [9.17, 15) is 9.59 Å². The Kier molecular flexibility index (Phi) is 6.36. The van der Waals surface area contributed by atoms with Crippen LogP contribution in [0, 0.1) is 0 Å². The monoisotopic (exact) mass is 396 g/mol. The Labute approximate surface area is 147 Å². The average Bonchev–Trinajstić information content (AvgIpc) is 2.90. The summed E-state index contributed by atoms with van der Waals surface area (Å²) < 4.78 is 11.1. The van der Waals surface area contributed by atoms with Gasteiger partial charge in [0.05, 0.1) is 13.2 Å². The number of thiophene rings is 1. The molecule has 0 saturated heterocycles. The number of rotatable bonds is 6. The highest BCUT2D eigenvalue weighted by Crippen LogP contribution is 2.34. The van der Waals surface area contributed by atoms with Crippen LogP contribution >= 0.6 is 27.3 Å². The predicted octanol–water partition coefficient (Wildman–Crippen LogP) is 4.31. The van der Waals surface area contributed by atoms with Gasteiger partial charge in [-0.1, -0.05) is 34.1 Å². The molecule has 23 heavy (non-hydrogen) atoms. The summed E-state index contributed by atoms with van der Waals surface area (Å²) in [6.07, 6.45) is 1.57. The third kappa shape index (κ3) is 4.00. The summed E-state index contributed by atoms with van der Waals surface area (Å²) >= 11 is 5.08. The number of alkyl halides is 1. The minimum absolute atomic E-state index is 0.0838. The maximum Gasteiger partial charge on any atom is 0.345 e. The number of fused-ring (bicyclic) bond motifs is 1. The van der Waals surface area contributed by atoms with Gasteiger partial charge in [-0.15, -0.1) is 11.3 Å². The molecule has 0 bridgehead atoms. The van der Waals surface area contributed by atoms with Crippen molar-refractivity contribution in [2.45, 2.75) is 19.2 Å². The van der Waals surface area contributed by atoms with Crippen molar-refractivity contribution in [3.05, 3.63) is 40.3 Å². The first kappa shape index (κ1) is 17.7. The van der Waals surface area contributed by atoms with Crippen molar-refractivity contribution in [2.24, 2.45) is 0 Å². The molecule has 0 aliphatic heterocycles. The van der Waals surface area contributed by atoms with Gasteiger partial charge in [0.1, 0.15) is 5.57 Å². The number of benzene rings is 1. The minimum atomic E-state index is -0.665. The van der Waals surface area contributed by atoms with Crippen molar-refractivity contribution in [3.63, 3.8) is 0 Å². The maximum atomic E-state index is 12.1. The fourth-order valence-electron chi connectivity index (χ4n) is 2.14. The zero-order chi connectivity index (χ0) is 16.8. The Morgan fingerprint density at radius 1 is 1.13 bits per heavy atom.